The highest BCUT2D eigenvalue weighted by molar-refractivity contribution is 5.87. The van der Waals surface area contributed by atoms with Crippen molar-refractivity contribution < 1.29 is 14.7 Å². The molecular weight excluding hydrogens is 340 g/mol. The summed E-state index contributed by atoms with van der Waals surface area (Å²) in [4.78, 5) is 26.4. The van der Waals surface area contributed by atoms with Crippen LogP contribution in [0.4, 0.5) is 0 Å². The number of carbonyl (C=O) groups is 2. The first-order chi connectivity index (χ1) is 13.1. The Hall–Kier alpha value is -2.40. The monoisotopic (exact) mass is 368 g/mol. The van der Waals surface area contributed by atoms with Crippen LogP contribution in [0.5, 0.6) is 0 Å². The lowest BCUT2D eigenvalue weighted by Gasteiger charge is -2.31. The Kier molecular flexibility index (Phi) is 6.45. The molecule has 144 valence electrons. The molecule has 1 atom stereocenters. The van der Waals surface area contributed by atoms with Crippen LogP contribution >= 0.6 is 0 Å². The number of carbonyl (C=O) groups excluding carboxylic acids is 1. The first kappa shape index (κ1) is 19.4. The molecule has 3 rings (SSSR count). The molecule has 2 aromatic carbocycles. The third-order valence-electron chi connectivity index (χ3n) is 5.54. The average molecular weight is 368 g/mol. The zero-order valence-electron chi connectivity index (χ0n) is 15.9. The number of piperidine rings is 1. The number of hydrogen-bond acceptors (Lipinski definition) is 3. The summed E-state index contributed by atoms with van der Waals surface area (Å²) in [6.07, 6.45) is 2.41. The number of likely N-dealkylation sites (tertiary alicyclic amines) is 1. The fourth-order valence-corrected chi connectivity index (χ4v) is 3.99. The third-order valence-corrected chi connectivity index (χ3v) is 5.54. The van der Waals surface area contributed by atoms with Gasteiger partial charge in [0.1, 0.15) is 0 Å². The Bertz CT molecular complexity index is 792. The van der Waals surface area contributed by atoms with Gasteiger partial charge >= 0.3 is 5.97 Å². The number of aliphatic carboxylic acids is 1. The predicted octanol–water partition coefficient (Wildman–Crippen LogP) is 3.59. The highest BCUT2D eigenvalue weighted by Gasteiger charge is 2.24. The number of nitrogens with zero attached hydrogens (tertiary/aromatic N) is 1. The molecule has 1 heterocycles. The quantitative estimate of drug-likeness (QED) is 0.783. The van der Waals surface area contributed by atoms with E-state index in [1.807, 2.05) is 42.5 Å². The topological polar surface area (TPSA) is 69.6 Å². The van der Waals surface area contributed by atoms with Crippen LogP contribution in [-0.4, -0.2) is 41.5 Å². The number of nitrogens with one attached hydrogen (secondary N) is 1. The van der Waals surface area contributed by atoms with E-state index in [0.29, 0.717) is 12.3 Å². The van der Waals surface area contributed by atoms with E-state index >= 15 is 0 Å². The Morgan fingerprint density at radius 3 is 2.56 bits per heavy atom. The fraction of sp³-hybridized carbons (Fsp3) is 0.455. The van der Waals surface area contributed by atoms with Crippen LogP contribution in [0.1, 0.15) is 44.2 Å². The summed E-state index contributed by atoms with van der Waals surface area (Å²) in [5.74, 6) is -0.584. The van der Waals surface area contributed by atoms with Crippen LogP contribution in [0.15, 0.2) is 42.5 Å². The van der Waals surface area contributed by atoms with Gasteiger partial charge in [-0.05, 0) is 54.7 Å². The molecule has 1 amide bonds. The van der Waals surface area contributed by atoms with E-state index in [2.05, 4.69) is 17.1 Å². The number of hydrogen-bond donors (Lipinski definition) is 2. The van der Waals surface area contributed by atoms with Gasteiger partial charge in [-0.15, -0.1) is 0 Å². The van der Waals surface area contributed by atoms with Crippen molar-refractivity contribution in [2.45, 2.75) is 38.6 Å². The molecule has 5 heteroatoms. The molecule has 5 nitrogen and oxygen atoms in total. The molecule has 0 unspecified atom stereocenters. The lowest BCUT2D eigenvalue weighted by Crippen LogP contribution is -2.36. The van der Waals surface area contributed by atoms with Crippen LogP contribution in [0.2, 0.25) is 0 Å². The Morgan fingerprint density at radius 1 is 1.15 bits per heavy atom. The molecule has 0 radical (unpaired) electrons. The van der Waals surface area contributed by atoms with Crippen molar-refractivity contribution in [1.29, 1.82) is 0 Å². The van der Waals surface area contributed by atoms with Gasteiger partial charge in [-0.1, -0.05) is 49.4 Å². The first-order valence-corrected chi connectivity index (χ1v) is 9.78. The SMILES string of the molecule is CCN1CCC(CC(=O)N[C@@H](CC(=O)O)c2cccc3ccccc23)CC1. The van der Waals surface area contributed by atoms with Crippen LogP contribution in [0, 0.1) is 5.92 Å². The molecule has 2 aromatic rings. The summed E-state index contributed by atoms with van der Waals surface area (Å²) in [5.41, 5.74) is 0.865. The molecular formula is C22H28N2O3. The molecule has 1 aliphatic heterocycles. The van der Waals surface area contributed by atoms with Crippen molar-refractivity contribution in [2.75, 3.05) is 19.6 Å². The molecule has 1 fully saturated rings. The average Bonchev–Trinajstić information content (AvgIpc) is 2.67. The number of carboxylic acids is 1. The van der Waals surface area contributed by atoms with E-state index in [0.717, 1.165) is 48.8 Å². The smallest absolute Gasteiger partial charge is 0.305 e. The number of rotatable bonds is 7. The van der Waals surface area contributed by atoms with Crippen molar-refractivity contribution in [3.63, 3.8) is 0 Å². The second-order valence-electron chi connectivity index (χ2n) is 7.37. The Balaban J connectivity index is 1.71. The summed E-state index contributed by atoms with van der Waals surface area (Å²) < 4.78 is 0. The van der Waals surface area contributed by atoms with E-state index in [1.165, 1.54) is 0 Å². The normalized spacial score (nSPS) is 16.9. The van der Waals surface area contributed by atoms with Gasteiger partial charge in [-0.3, -0.25) is 9.59 Å². The standard InChI is InChI=1S/C22H28N2O3/c1-2-24-12-10-16(11-13-24)14-21(25)23-20(15-22(26)27)19-9-5-7-17-6-3-4-8-18(17)19/h3-9,16,20H,2,10-15H2,1H3,(H,23,25)(H,26,27)/t20-/m0/s1. The minimum absolute atomic E-state index is 0.0517. The van der Waals surface area contributed by atoms with Gasteiger partial charge in [-0.25, -0.2) is 0 Å². The molecule has 27 heavy (non-hydrogen) atoms. The highest BCUT2D eigenvalue weighted by Crippen LogP contribution is 2.27. The maximum absolute atomic E-state index is 12.6. The summed E-state index contributed by atoms with van der Waals surface area (Å²) >= 11 is 0. The highest BCUT2D eigenvalue weighted by atomic mass is 16.4. The largest absolute Gasteiger partial charge is 0.481 e. The van der Waals surface area contributed by atoms with Crippen LogP contribution in [0.25, 0.3) is 10.8 Å². The summed E-state index contributed by atoms with van der Waals surface area (Å²) in [6, 6.07) is 13.2. The van der Waals surface area contributed by atoms with Crippen LogP contribution in [0.3, 0.4) is 0 Å². The lowest BCUT2D eigenvalue weighted by molar-refractivity contribution is -0.137. The second kappa shape index (κ2) is 9.00. The van der Waals surface area contributed by atoms with Crippen LogP contribution < -0.4 is 5.32 Å². The van der Waals surface area contributed by atoms with E-state index in [1.54, 1.807) is 0 Å². The van der Waals surface area contributed by atoms with Crippen molar-refractivity contribution in [1.82, 2.24) is 10.2 Å². The van der Waals surface area contributed by atoms with Gasteiger partial charge in [0.05, 0.1) is 12.5 Å². The minimum Gasteiger partial charge on any atom is -0.481 e. The molecule has 0 spiro atoms. The zero-order chi connectivity index (χ0) is 19.2. The molecule has 0 aliphatic carbocycles. The minimum atomic E-state index is -0.913. The number of carboxylic acid groups (broad SMARTS) is 1. The predicted molar refractivity (Wildman–Crippen MR) is 107 cm³/mol. The summed E-state index contributed by atoms with van der Waals surface area (Å²) in [6.45, 7) is 5.29. The Morgan fingerprint density at radius 2 is 1.85 bits per heavy atom. The van der Waals surface area contributed by atoms with Crippen molar-refractivity contribution in [3.05, 3.63) is 48.0 Å². The van der Waals surface area contributed by atoms with E-state index < -0.39 is 12.0 Å². The van der Waals surface area contributed by atoms with Gasteiger partial charge in [0.15, 0.2) is 0 Å². The summed E-state index contributed by atoms with van der Waals surface area (Å²) in [5, 5.41) is 14.4. The van der Waals surface area contributed by atoms with Gasteiger partial charge in [0, 0.05) is 6.42 Å². The fourth-order valence-electron chi connectivity index (χ4n) is 3.99. The van der Waals surface area contributed by atoms with E-state index in [4.69, 9.17) is 0 Å². The Labute approximate surface area is 160 Å². The zero-order valence-corrected chi connectivity index (χ0v) is 15.9. The number of amides is 1. The van der Waals surface area contributed by atoms with Gasteiger partial charge in [-0.2, -0.15) is 0 Å². The summed E-state index contributed by atoms with van der Waals surface area (Å²) in [7, 11) is 0. The molecule has 0 saturated carbocycles. The molecule has 1 saturated heterocycles. The third kappa shape index (κ3) is 5.07. The van der Waals surface area contributed by atoms with Crippen molar-refractivity contribution in [2.24, 2.45) is 5.92 Å². The van der Waals surface area contributed by atoms with Gasteiger partial charge in [0.25, 0.3) is 0 Å². The van der Waals surface area contributed by atoms with Crippen molar-refractivity contribution in [3.8, 4) is 0 Å². The second-order valence-corrected chi connectivity index (χ2v) is 7.37. The van der Waals surface area contributed by atoms with Gasteiger partial charge in [0.2, 0.25) is 5.91 Å². The van der Waals surface area contributed by atoms with Crippen LogP contribution in [-0.2, 0) is 9.59 Å². The lowest BCUT2D eigenvalue weighted by atomic mass is 9.92. The molecule has 2 N–H and O–H groups in total. The number of fused-ring (bicyclic) bond motifs is 1. The van der Waals surface area contributed by atoms with Gasteiger partial charge < -0.3 is 15.3 Å². The van der Waals surface area contributed by atoms with Crippen molar-refractivity contribution >= 4 is 22.6 Å². The first-order valence-electron chi connectivity index (χ1n) is 9.78. The number of benzene rings is 2. The maximum Gasteiger partial charge on any atom is 0.305 e. The van der Waals surface area contributed by atoms with E-state index in [-0.39, 0.29) is 12.3 Å². The molecule has 0 aromatic heterocycles. The van der Waals surface area contributed by atoms with E-state index in [9.17, 15) is 14.7 Å². The molecule has 1 aliphatic rings. The molecule has 0 bridgehead atoms. The maximum atomic E-state index is 12.6.